The van der Waals surface area contributed by atoms with Gasteiger partial charge in [0.25, 0.3) is 0 Å². The fourth-order valence-corrected chi connectivity index (χ4v) is 2.66. The standard InChI is InChI=1S/C13H25N3OS/c1-3-6-11(12(14)18)13(17)15-9-10-7-4-5-8-16(10)2/h10-11H,3-9H2,1-2H3,(H2,14,18)(H,15,17). The Balaban J connectivity index is 2.40. The van der Waals surface area contributed by atoms with Crippen molar-refractivity contribution in [2.45, 2.75) is 45.1 Å². The van der Waals surface area contributed by atoms with Crippen molar-refractivity contribution in [1.82, 2.24) is 10.2 Å². The number of carbonyl (C=O) groups is 1. The molecule has 0 aliphatic carbocycles. The van der Waals surface area contributed by atoms with Gasteiger partial charge in [0.15, 0.2) is 0 Å². The molecule has 1 amide bonds. The topological polar surface area (TPSA) is 58.4 Å². The predicted molar refractivity (Wildman–Crippen MR) is 78.5 cm³/mol. The van der Waals surface area contributed by atoms with Crippen LogP contribution in [0.2, 0.25) is 0 Å². The van der Waals surface area contributed by atoms with Gasteiger partial charge in [-0.2, -0.15) is 0 Å². The Morgan fingerprint density at radius 3 is 2.83 bits per heavy atom. The van der Waals surface area contributed by atoms with Gasteiger partial charge in [0.2, 0.25) is 5.91 Å². The van der Waals surface area contributed by atoms with E-state index in [0.717, 1.165) is 25.8 Å². The van der Waals surface area contributed by atoms with Crippen LogP contribution < -0.4 is 11.1 Å². The van der Waals surface area contributed by atoms with Crippen LogP contribution in [-0.4, -0.2) is 42.0 Å². The number of piperidine rings is 1. The number of rotatable bonds is 6. The molecule has 1 heterocycles. The summed E-state index contributed by atoms with van der Waals surface area (Å²) in [6.45, 7) is 3.86. The highest BCUT2D eigenvalue weighted by Gasteiger charge is 2.23. The minimum atomic E-state index is -0.307. The fraction of sp³-hybridized carbons (Fsp3) is 0.846. The van der Waals surface area contributed by atoms with Gasteiger partial charge in [0, 0.05) is 12.6 Å². The van der Waals surface area contributed by atoms with Crippen molar-refractivity contribution < 1.29 is 4.79 Å². The van der Waals surface area contributed by atoms with E-state index in [9.17, 15) is 4.79 Å². The third-order valence-electron chi connectivity index (χ3n) is 3.67. The van der Waals surface area contributed by atoms with Crippen LogP contribution in [0.15, 0.2) is 0 Å². The summed E-state index contributed by atoms with van der Waals surface area (Å²) in [5.41, 5.74) is 5.62. The first-order valence-electron chi connectivity index (χ1n) is 6.83. The molecule has 4 nitrogen and oxygen atoms in total. The molecule has 0 bridgehead atoms. The molecule has 3 N–H and O–H groups in total. The van der Waals surface area contributed by atoms with E-state index < -0.39 is 0 Å². The van der Waals surface area contributed by atoms with Crippen LogP contribution >= 0.6 is 12.2 Å². The third kappa shape index (κ3) is 4.53. The quantitative estimate of drug-likeness (QED) is 0.715. The lowest BCUT2D eigenvalue weighted by atomic mass is 10.0. The average Bonchev–Trinajstić information content (AvgIpc) is 2.34. The Kier molecular flexibility index (Phi) is 6.57. The molecule has 1 aliphatic heterocycles. The number of likely N-dealkylation sites (N-methyl/N-ethyl adjacent to an activating group) is 1. The zero-order valence-electron chi connectivity index (χ0n) is 11.4. The van der Waals surface area contributed by atoms with E-state index in [4.69, 9.17) is 18.0 Å². The largest absolute Gasteiger partial charge is 0.393 e. The summed E-state index contributed by atoms with van der Waals surface area (Å²) in [6, 6.07) is 0.455. The average molecular weight is 271 g/mol. The molecule has 2 unspecified atom stereocenters. The number of hydrogen-bond donors (Lipinski definition) is 2. The van der Waals surface area contributed by atoms with Gasteiger partial charge in [-0.1, -0.05) is 32.0 Å². The highest BCUT2D eigenvalue weighted by atomic mass is 32.1. The lowest BCUT2D eigenvalue weighted by Gasteiger charge is -2.32. The first kappa shape index (κ1) is 15.4. The second-order valence-corrected chi connectivity index (χ2v) is 5.59. The second-order valence-electron chi connectivity index (χ2n) is 5.12. The highest BCUT2D eigenvalue weighted by Crippen LogP contribution is 2.14. The normalized spacial score (nSPS) is 22.4. The van der Waals surface area contributed by atoms with Crippen LogP contribution in [0.1, 0.15) is 39.0 Å². The first-order valence-corrected chi connectivity index (χ1v) is 7.24. The van der Waals surface area contributed by atoms with Gasteiger partial charge in [0.1, 0.15) is 0 Å². The van der Waals surface area contributed by atoms with Crippen LogP contribution in [0.25, 0.3) is 0 Å². The summed E-state index contributed by atoms with van der Waals surface area (Å²) < 4.78 is 0. The van der Waals surface area contributed by atoms with Crippen LogP contribution in [0.4, 0.5) is 0 Å². The molecule has 0 radical (unpaired) electrons. The molecule has 104 valence electrons. The number of thiocarbonyl (C=S) groups is 1. The van der Waals surface area contributed by atoms with Gasteiger partial charge in [-0.05, 0) is 32.9 Å². The summed E-state index contributed by atoms with van der Waals surface area (Å²) in [6.07, 6.45) is 5.31. The number of carbonyl (C=O) groups excluding carboxylic acids is 1. The maximum absolute atomic E-state index is 12.0. The van der Waals surface area contributed by atoms with Gasteiger partial charge >= 0.3 is 0 Å². The lowest BCUT2D eigenvalue weighted by molar-refractivity contribution is -0.123. The van der Waals surface area contributed by atoms with Gasteiger partial charge < -0.3 is 16.0 Å². The van der Waals surface area contributed by atoms with Crippen molar-refractivity contribution in [2.75, 3.05) is 20.1 Å². The molecule has 1 aliphatic rings. The van der Waals surface area contributed by atoms with Crippen molar-refractivity contribution in [3.05, 3.63) is 0 Å². The Labute approximate surface area is 115 Å². The van der Waals surface area contributed by atoms with E-state index in [0.29, 0.717) is 17.6 Å². The Morgan fingerprint density at radius 2 is 2.28 bits per heavy atom. The van der Waals surface area contributed by atoms with Gasteiger partial charge in [-0.3, -0.25) is 4.79 Å². The molecule has 0 aromatic heterocycles. The van der Waals surface area contributed by atoms with Gasteiger partial charge in [0.05, 0.1) is 10.9 Å². The molecule has 1 rings (SSSR count). The maximum atomic E-state index is 12.0. The Hall–Kier alpha value is -0.680. The summed E-state index contributed by atoms with van der Waals surface area (Å²) in [4.78, 5) is 14.7. The molecule has 1 saturated heterocycles. The van der Waals surface area contributed by atoms with Crippen LogP contribution in [-0.2, 0) is 4.79 Å². The van der Waals surface area contributed by atoms with E-state index in [2.05, 4.69) is 17.3 Å². The van der Waals surface area contributed by atoms with Crippen molar-refractivity contribution in [3.63, 3.8) is 0 Å². The Morgan fingerprint density at radius 1 is 1.56 bits per heavy atom. The van der Waals surface area contributed by atoms with Crippen LogP contribution in [0.3, 0.4) is 0 Å². The van der Waals surface area contributed by atoms with E-state index in [1.54, 1.807) is 0 Å². The number of nitrogens with zero attached hydrogens (tertiary/aromatic N) is 1. The second kappa shape index (κ2) is 7.69. The third-order valence-corrected chi connectivity index (χ3v) is 3.96. The van der Waals surface area contributed by atoms with Crippen molar-refractivity contribution in [1.29, 1.82) is 0 Å². The van der Waals surface area contributed by atoms with E-state index in [-0.39, 0.29) is 11.8 Å². The molecular formula is C13H25N3OS. The van der Waals surface area contributed by atoms with Crippen molar-refractivity contribution in [2.24, 2.45) is 11.7 Å². The fourth-order valence-electron chi connectivity index (χ4n) is 2.43. The molecule has 18 heavy (non-hydrogen) atoms. The van der Waals surface area contributed by atoms with E-state index in [1.165, 1.54) is 12.8 Å². The smallest absolute Gasteiger partial charge is 0.229 e. The monoisotopic (exact) mass is 271 g/mol. The summed E-state index contributed by atoms with van der Waals surface area (Å²) in [5, 5.41) is 3.00. The van der Waals surface area contributed by atoms with Crippen LogP contribution in [0, 0.1) is 5.92 Å². The molecule has 5 heteroatoms. The number of hydrogen-bond acceptors (Lipinski definition) is 3. The zero-order chi connectivity index (χ0) is 13.5. The van der Waals surface area contributed by atoms with Crippen molar-refractivity contribution in [3.8, 4) is 0 Å². The molecule has 1 fully saturated rings. The molecule has 0 spiro atoms. The SMILES string of the molecule is CCCC(C(=O)NCC1CCCCN1C)C(N)=S. The summed E-state index contributed by atoms with van der Waals surface area (Å²) >= 11 is 4.96. The number of likely N-dealkylation sites (tertiary alicyclic amines) is 1. The number of amides is 1. The maximum Gasteiger partial charge on any atom is 0.229 e. The van der Waals surface area contributed by atoms with Gasteiger partial charge in [-0.25, -0.2) is 0 Å². The minimum absolute atomic E-state index is 0.0108. The Bertz CT molecular complexity index is 296. The number of nitrogens with two attached hydrogens (primary N) is 1. The molecule has 2 atom stereocenters. The van der Waals surface area contributed by atoms with E-state index in [1.807, 2.05) is 6.92 Å². The molecule has 0 aromatic carbocycles. The molecule has 0 saturated carbocycles. The number of nitrogens with one attached hydrogen (secondary N) is 1. The van der Waals surface area contributed by atoms with Gasteiger partial charge in [-0.15, -0.1) is 0 Å². The minimum Gasteiger partial charge on any atom is -0.393 e. The zero-order valence-corrected chi connectivity index (χ0v) is 12.3. The van der Waals surface area contributed by atoms with Crippen LogP contribution in [0.5, 0.6) is 0 Å². The lowest BCUT2D eigenvalue weighted by Crippen LogP contribution is -2.47. The van der Waals surface area contributed by atoms with Crippen molar-refractivity contribution >= 4 is 23.1 Å². The summed E-state index contributed by atoms with van der Waals surface area (Å²) in [7, 11) is 2.12. The first-order chi connectivity index (χ1) is 8.56. The molecule has 0 aromatic rings. The van der Waals surface area contributed by atoms with E-state index >= 15 is 0 Å². The highest BCUT2D eigenvalue weighted by molar-refractivity contribution is 7.80. The summed E-state index contributed by atoms with van der Waals surface area (Å²) in [5.74, 6) is -0.317. The molecular weight excluding hydrogens is 246 g/mol. The predicted octanol–water partition coefficient (Wildman–Crippen LogP) is 1.29.